The number of carbonyl (C=O) groups is 1. The van der Waals surface area contributed by atoms with Gasteiger partial charge in [0.25, 0.3) is 0 Å². The van der Waals surface area contributed by atoms with E-state index in [-0.39, 0.29) is 12.1 Å². The van der Waals surface area contributed by atoms with Gasteiger partial charge in [0.2, 0.25) is 0 Å². The van der Waals surface area contributed by atoms with Crippen LogP contribution in [0, 0.1) is 5.92 Å². The molecule has 0 radical (unpaired) electrons. The Morgan fingerprint density at radius 1 is 0.795 bits per heavy atom. The predicted octanol–water partition coefficient (Wildman–Crippen LogP) is 7.86. The molecular weight excluding hydrogens is 484 g/mol. The number of hydrogen-bond acceptors (Lipinski definition) is 4. The quantitative estimate of drug-likeness (QED) is 0.347. The molecule has 6 rings (SSSR count). The summed E-state index contributed by atoms with van der Waals surface area (Å²) in [4.78, 5) is 16.3. The fraction of sp³-hybridized carbons (Fsp3) is 0.394. The number of hydrogen-bond donors (Lipinski definition) is 1. The Kier molecular flexibility index (Phi) is 7.27. The van der Waals surface area contributed by atoms with Gasteiger partial charge in [-0.05, 0) is 92.5 Å². The highest BCUT2D eigenvalue weighted by molar-refractivity contribution is 6.13. The van der Waals surface area contributed by atoms with Crippen molar-refractivity contribution in [3.63, 3.8) is 0 Å². The lowest BCUT2D eigenvalue weighted by Gasteiger charge is -2.36. The largest absolute Gasteiger partial charge is 0.497 e. The third-order valence-electron chi connectivity index (χ3n) is 8.80. The summed E-state index contributed by atoms with van der Waals surface area (Å²) in [6.45, 7) is 0. The van der Waals surface area contributed by atoms with Crippen LogP contribution in [0.2, 0.25) is 0 Å². The fourth-order valence-corrected chi connectivity index (χ4v) is 6.62. The van der Waals surface area contributed by atoms with Crippen molar-refractivity contribution in [3.8, 4) is 5.75 Å². The van der Waals surface area contributed by atoms with Crippen LogP contribution in [0.1, 0.15) is 74.8 Å². The molecule has 6 nitrogen and oxygen atoms in total. The average molecular weight is 523 g/mol. The number of amides is 2. The van der Waals surface area contributed by atoms with E-state index >= 15 is 0 Å². The number of methoxy groups -OCH3 is 1. The van der Waals surface area contributed by atoms with Crippen molar-refractivity contribution in [2.75, 3.05) is 17.7 Å². The molecule has 0 bridgehead atoms. The number of benzene rings is 3. The van der Waals surface area contributed by atoms with E-state index in [2.05, 4.69) is 30.3 Å². The van der Waals surface area contributed by atoms with Gasteiger partial charge < -0.3 is 10.5 Å². The van der Waals surface area contributed by atoms with Crippen LogP contribution in [0.25, 0.3) is 0 Å². The van der Waals surface area contributed by atoms with Gasteiger partial charge in [-0.3, -0.25) is 4.90 Å². The minimum absolute atomic E-state index is 0.0659. The van der Waals surface area contributed by atoms with Crippen LogP contribution in [0.3, 0.4) is 0 Å². The number of ether oxygens (including phenoxy) is 1. The van der Waals surface area contributed by atoms with Crippen LogP contribution < -0.4 is 15.4 Å². The highest BCUT2D eigenvalue weighted by Gasteiger charge is 2.38. The van der Waals surface area contributed by atoms with Gasteiger partial charge in [0.15, 0.2) is 0 Å². The van der Waals surface area contributed by atoms with E-state index in [4.69, 9.17) is 15.6 Å². The lowest BCUT2D eigenvalue weighted by Crippen LogP contribution is -2.44. The molecule has 2 fully saturated rings. The SMILES string of the molecule is COc1ccc([C@H]2CC[C@@H](N3N=C(C4CCCCC4)c4ccccc4N(c4ccc(N)cc4)C3=O)CC2)cc1. The van der Waals surface area contributed by atoms with Crippen molar-refractivity contribution in [2.45, 2.75) is 69.7 Å². The molecule has 3 aliphatic rings. The summed E-state index contributed by atoms with van der Waals surface area (Å²) in [5.74, 6) is 1.74. The molecule has 0 spiro atoms. The van der Waals surface area contributed by atoms with Crippen LogP contribution in [0.5, 0.6) is 5.75 Å². The first-order valence-electron chi connectivity index (χ1n) is 14.4. The summed E-state index contributed by atoms with van der Waals surface area (Å²) in [6, 6.07) is 24.3. The Balaban J connectivity index is 1.35. The third kappa shape index (κ3) is 5.12. The number of para-hydroxylation sites is 1. The first-order chi connectivity index (χ1) is 19.1. The molecule has 1 heterocycles. The van der Waals surface area contributed by atoms with Crippen molar-refractivity contribution in [2.24, 2.45) is 11.0 Å². The first-order valence-corrected chi connectivity index (χ1v) is 14.4. The molecule has 1 aliphatic heterocycles. The molecule has 2 N–H and O–H groups in total. The standard InChI is InChI=1S/C33H38N4O2/c1-39-29-21-13-24(14-22-29)23-11-17-28(18-12-23)37-33(38)36(27-19-15-26(34)16-20-27)31-10-6-5-9-30(31)32(35-37)25-7-3-2-4-8-25/h5-6,9-10,13-16,19-23,25,28H,2-4,7-8,11-12,17-18,34H2,1H3/t23-,28+. The zero-order valence-corrected chi connectivity index (χ0v) is 22.8. The number of carbonyl (C=O) groups excluding carboxylic acids is 1. The van der Waals surface area contributed by atoms with Crippen molar-refractivity contribution in [1.29, 1.82) is 0 Å². The van der Waals surface area contributed by atoms with Gasteiger partial charge in [-0.15, -0.1) is 0 Å². The fourth-order valence-electron chi connectivity index (χ4n) is 6.62. The van der Waals surface area contributed by atoms with Crippen molar-refractivity contribution >= 4 is 28.8 Å². The molecule has 2 saturated carbocycles. The topological polar surface area (TPSA) is 71.2 Å². The molecule has 3 aromatic carbocycles. The second-order valence-corrected chi connectivity index (χ2v) is 11.2. The van der Waals surface area contributed by atoms with Gasteiger partial charge in [0, 0.05) is 17.2 Å². The third-order valence-corrected chi connectivity index (χ3v) is 8.80. The molecule has 0 aromatic heterocycles. The highest BCUT2D eigenvalue weighted by Crippen LogP contribution is 2.41. The van der Waals surface area contributed by atoms with E-state index in [1.165, 1.54) is 24.8 Å². The lowest BCUT2D eigenvalue weighted by atomic mass is 9.81. The minimum atomic E-state index is -0.0778. The first kappa shape index (κ1) is 25.5. The maximum absolute atomic E-state index is 14.4. The van der Waals surface area contributed by atoms with Gasteiger partial charge >= 0.3 is 6.03 Å². The molecule has 0 saturated heterocycles. The van der Waals surface area contributed by atoms with Crippen LogP contribution in [-0.2, 0) is 0 Å². The zero-order valence-electron chi connectivity index (χ0n) is 22.8. The number of hydrazone groups is 1. The monoisotopic (exact) mass is 522 g/mol. The van der Waals surface area contributed by atoms with Gasteiger partial charge in [-0.25, -0.2) is 9.80 Å². The second kappa shape index (κ2) is 11.1. The van der Waals surface area contributed by atoms with Crippen molar-refractivity contribution < 1.29 is 9.53 Å². The van der Waals surface area contributed by atoms with Gasteiger partial charge in [-0.1, -0.05) is 49.6 Å². The summed E-state index contributed by atoms with van der Waals surface area (Å²) < 4.78 is 5.35. The summed E-state index contributed by atoms with van der Waals surface area (Å²) in [7, 11) is 1.70. The van der Waals surface area contributed by atoms with Crippen LogP contribution >= 0.6 is 0 Å². The molecule has 202 valence electrons. The molecule has 39 heavy (non-hydrogen) atoms. The van der Waals surface area contributed by atoms with Gasteiger partial charge in [0.05, 0.1) is 30.2 Å². The number of anilines is 3. The Hall–Kier alpha value is -3.80. The van der Waals surface area contributed by atoms with Crippen LogP contribution in [-0.4, -0.2) is 29.9 Å². The molecule has 0 unspecified atom stereocenters. The van der Waals surface area contributed by atoms with Crippen LogP contribution in [0.15, 0.2) is 77.9 Å². The number of nitrogens with two attached hydrogens (primary N) is 1. The van der Waals surface area contributed by atoms with E-state index in [9.17, 15) is 4.79 Å². The van der Waals surface area contributed by atoms with E-state index in [0.717, 1.165) is 66.9 Å². The van der Waals surface area contributed by atoms with E-state index in [1.807, 2.05) is 52.4 Å². The second-order valence-electron chi connectivity index (χ2n) is 11.2. The normalized spacial score (nSPS) is 22.2. The lowest BCUT2D eigenvalue weighted by molar-refractivity contribution is 0.162. The Labute approximate surface area is 231 Å². The van der Waals surface area contributed by atoms with E-state index < -0.39 is 0 Å². The molecular formula is C33H38N4O2. The Morgan fingerprint density at radius 2 is 1.49 bits per heavy atom. The van der Waals surface area contributed by atoms with Gasteiger partial charge in [-0.2, -0.15) is 5.10 Å². The van der Waals surface area contributed by atoms with Crippen molar-refractivity contribution in [1.82, 2.24) is 5.01 Å². The molecule has 0 atom stereocenters. The highest BCUT2D eigenvalue weighted by atomic mass is 16.5. The van der Waals surface area contributed by atoms with Crippen LogP contribution in [0.4, 0.5) is 21.9 Å². The summed E-state index contributed by atoms with van der Waals surface area (Å²) in [5.41, 5.74) is 11.9. The predicted molar refractivity (Wildman–Crippen MR) is 158 cm³/mol. The molecule has 6 heteroatoms. The Bertz CT molecular complexity index is 1320. The van der Waals surface area contributed by atoms with E-state index in [0.29, 0.717) is 17.5 Å². The summed E-state index contributed by atoms with van der Waals surface area (Å²) in [5, 5.41) is 7.11. The van der Waals surface area contributed by atoms with Crippen molar-refractivity contribution in [3.05, 3.63) is 83.9 Å². The van der Waals surface area contributed by atoms with Gasteiger partial charge in [0.1, 0.15) is 5.75 Å². The molecule has 3 aromatic rings. The zero-order chi connectivity index (χ0) is 26.8. The number of nitrogens with zero attached hydrogens (tertiary/aromatic N) is 3. The number of nitrogen functional groups attached to an aromatic ring is 1. The smallest absolute Gasteiger partial charge is 0.349 e. The number of rotatable bonds is 5. The minimum Gasteiger partial charge on any atom is -0.497 e. The Morgan fingerprint density at radius 3 is 2.18 bits per heavy atom. The average Bonchev–Trinajstić information content (AvgIpc) is 3.12. The summed E-state index contributed by atoms with van der Waals surface area (Å²) >= 11 is 0. The summed E-state index contributed by atoms with van der Waals surface area (Å²) in [6.07, 6.45) is 9.88. The molecule has 2 amide bonds. The molecule has 2 aliphatic carbocycles. The number of urea groups is 1. The number of fused-ring (bicyclic) bond motifs is 1. The maximum atomic E-state index is 14.4. The maximum Gasteiger partial charge on any atom is 0.349 e. The van der Waals surface area contributed by atoms with E-state index in [1.54, 1.807) is 7.11 Å².